The third-order valence-electron chi connectivity index (χ3n) is 3.94. The van der Waals surface area contributed by atoms with Crippen molar-refractivity contribution in [1.82, 2.24) is 5.32 Å². The zero-order chi connectivity index (χ0) is 14.1. The molecule has 0 radical (unpaired) electrons. The number of benzene rings is 1. The van der Waals surface area contributed by atoms with Crippen LogP contribution in [0.2, 0.25) is 0 Å². The predicted molar refractivity (Wildman–Crippen MR) is 75.7 cm³/mol. The minimum Gasteiger partial charge on any atom is -0.482 e. The van der Waals surface area contributed by atoms with Gasteiger partial charge in [0.1, 0.15) is 5.75 Å². The molecule has 0 spiro atoms. The summed E-state index contributed by atoms with van der Waals surface area (Å²) >= 11 is 0. The molecular formula is C15H20N2O3. The van der Waals surface area contributed by atoms with Crippen molar-refractivity contribution in [2.75, 3.05) is 18.5 Å². The van der Waals surface area contributed by atoms with Crippen molar-refractivity contribution >= 4 is 11.6 Å². The van der Waals surface area contributed by atoms with Crippen molar-refractivity contribution in [1.29, 1.82) is 0 Å². The summed E-state index contributed by atoms with van der Waals surface area (Å²) in [5.74, 6) is 1.06. The zero-order valence-corrected chi connectivity index (χ0v) is 11.6. The summed E-state index contributed by atoms with van der Waals surface area (Å²) in [6.07, 6.45) is 2.02. The Hall–Kier alpha value is -1.59. The molecule has 1 aromatic carbocycles. The van der Waals surface area contributed by atoms with E-state index in [0.29, 0.717) is 18.2 Å². The molecule has 2 unspecified atom stereocenters. The van der Waals surface area contributed by atoms with Crippen LogP contribution < -0.4 is 15.4 Å². The lowest BCUT2D eigenvalue weighted by molar-refractivity contribution is -0.118. The van der Waals surface area contributed by atoms with E-state index in [0.717, 1.165) is 24.1 Å². The molecule has 3 N–H and O–H groups in total. The van der Waals surface area contributed by atoms with Crippen LogP contribution in [0.3, 0.4) is 0 Å². The fraction of sp³-hybridized carbons (Fsp3) is 0.533. The second kappa shape index (κ2) is 5.42. The summed E-state index contributed by atoms with van der Waals surface area (Å²) < 4.78 is 5.34. The molecule has 1 heterocycles. The molecule has 108 valence electrons. The average Bonchev–Trinajstić information content (AvgIpc) is 3.28. The van der Waals surface area contributed by atoms with E-state index in [1.807, 2.05) is 25.1 Å². The van der Waals surface area contributed by atoms with Gasteiger partial charge in [-0.25, -0.2) is 0 Å². The molecule has 1 amide bonds. The van der Waals surface area contributed by atoms with E-state index in [2.05, 4.69) is 10.6 Å². The van der Waals surface area contributed by atoms with Gasteiger partial charge in [0.15, 0.2) is 6.61 Å². The van der Waals surface area contributed by atoms with Crippen LogP contribution in [-0.2, 0) is 4.79 Å². The van der Waals surface area contributed by atoms with E-state index < -0.39 is 0 Å². The summed E-state index contributed by atoms with van der Waals surface area (Å²) in [6.45, 7) is 2.73. The van der Waals surface area contributed by atoms with Gasteiger partial charge in [-0.05, 0) is 43.4 Å². The lowest BCUT2D eigenvalue weighted by atomic mass is 10.1. The van der Waals surface area contributed by atoms with Crippen LogP contribution in [0, 0.1) is 5.92 Å². The Balaban J connectivity index is 1.63. The standard InChI is InChI=1S/C15H20N2O3/c1-9(16-7-13(18)10-2-3-10)11-4-5-14-12(6-11)17-15(19)8-20-14/h4-6,9-10,13,16,18H,2-3,7-8H2,1H3,(H,17,19). The molecule has 5 heteroatoms. The van der Waals surface area contributed by atoms with Crippen molar-refractivity contribution in [2.45, 2.75) is 31.9 Å². The van der Waals surface area contributed by atoms with Gasteiger partial charge in [-0.2, -0.15) is 0 Å². The predicted octanol–water partition coefficient (Wildman–Crippen LogP) is 1.44. The van der Waals surface area contributed by atoms with E-state index in [1.165, 1.54) is 0 Å². The number of hydrogen-bond donors (Lipinski definition) is 3. The van der Waals surface area contributed by atoms with Gasteiger partial charge in [0, 0.05) is 12.6 Å². The van der Waals surface area contributed by atoms with Gasteiger partial charge in [-0.15, -0.1) is 0 Å². The van der Waals surface area contributed by atoms with Gasteiger partial charge >= 0.3 is 0 Å². The molecule has 1 fully saturated rings. The van der Waals surface area contributed by atoms with Crippen LogP contribution in [0.4, 0.5) is 5.69 Å². The quantitative estimate of drug-likeness (QED) is 0.761. The topological polar surface area (TPSA) is 70.6 Å². The number of aliphatic hydroxyl groups excluding tert-OH is 1. The Morgan fingerprint density at radius 1 is 1.50 bits per heavy atom. The maximum atomic E-state index is 11.3. The number of ether oxygens (including phenoxy) is 1. The van der Waals surface area contributed by atoms with Gasteiger partial charge in [0.25, 0.3) is 5.91 Å². The molecule has 1 saturated carbocycles. The first-order valence-electron chi connectivity index (χ1n) is 7.11. The largest absolute Gasteiger partial charge is 0.482 e. The van der Waals surface area contributed by atoms with Gasteiger partial charge in [0.2, 0.25) is 0 Å². The number of nitrogens with one attached hydrogen (secondary N) is 2. The molecule has 3 rings (SSSR count). The third-order valence-corrected chi connectivity index (χ3v) is 3.94. The van der Waals surface area contributed by atoms with Crippen LogP contribution in [0.1, 0.15) is 31.4 Å². The summed E-state index contributed by atoms with van der Waals surface area (Å²) in [5, 5.41) is 16.0. The van der Waals surface area contributed by atoms with Gasteiger partial charge in [-0.1, -0.05) is 6.07 Å². The number of rotatable bonds is 5. The van der Waals surface area contributed by atoms with Gasteiger partial charge < -0.3 is 20.5 Å². The van der Waals surface area contributed by atoms with Crippen LogP contribution in [0.15, 0.2) is 18.2 Å². The van der Waals surface area contributed by atoms with Crippen LogP contribution in [0.25, 0.3) is 0 Å². The lowest BCUT2D eigenvalue weighted by Gasteiger charge is -2.21. The van der Waals surface area contributed by atoms with Crippen molar-refractivity contribution in [3.05, 3.63) is 23.8 Å². The van der Waals surface area contributed by atoms with Gasteiger partial charge in [0.05, 0.1) is 11.8 Å². The molecule has 1 aromatic rings. The highest BCUT2D eigenvalue weighted by Crippen LogP contribution is 2.33. The molecular weight excluding hydrogens is 256 g/mol. The second-order valence-corrected chi connectivity index (χ2v) is 5.63. The van der Waals surface area contributed by atoms with Crippen LogP contribution in [0.5, 0.6) is 5.75 Å². The summed E-state index contributed by atoms with van der Waals surface area (Å²) in [6, 6.07) is 5.90. The number of anilines is 1. The number of aliphatic hydroxyl groups is 1. The van der Waals surface area contributed by atoms with Crippen LogP contribution in [-0.4, -0.2) is 30.3 Å². The maximum Gasteiger partial charge on any atom is 0.262 e. The van der Waals surface area contributed by atoms with Gasteiger partial charge in [-0.3, -0.25) is 4.79 Å². The number of fused-ring (bicyclic) bond motifs is 1. The molecule has 0 aromatic heterocycles. The molecule has 1 aliphatic carbocycles. The molecule has 0 saturated heterocycles. The normalized spacial score (nSPS) is 20.6. The minimum atomic E-state index is -0.252. The Morgan fingerprint density at radius 2 is 2.30 bits per heavy atom. The monoisotopic (exact) mass is 276 g/mol. The van der Waals surface area contributed by atoms with E-state index in [9.17, 15) is 9.90 Å². The second-order valence-electron chi connectivity index (χ2n) is 5.63. The van der Waals surface area contributed by atoms with E-state index in [-0.39, 0.29) is 24.7 Å². The number of hydrogen-bond acceptors (Lipinski definition) is 4. The minimum absolute atomic E-state index is 0.0771. The highest BCUT2D eigenvalue weighted by Gasteiger charge is 2.29. The van der Waals surface area contributed by atoms with E-state index >= 15 is 0 Å². The van der Waals surface area contributed by atoms with Crippen molar-refractivity contribution in [3.63, 3.8) is 0 Å². The Bertz CT molecular complexity index is 514. The fourth-order valence-corrected chi connectivity index (χ4v) is 2.43. The molecule has 2 atom stereocenters. The van der Waals surface area contributed by atoms with Crippen molar-refractivity contribution in [2.24, 2.45) is 5.92 Å². The summed E-state index contributed by atoms with van der Waals surface area (Å²) in [5.41, 5.74) is 1.78. The molecule has 2 aliphatic rings. The molecule has 0 bridgehead atoms. The SMILES string of the molecule is CC(NCC(O)C1CC1)c1ccc2c(c1)NC(=O)CO2. The summed E-state index contributed by atoms with van der Waals surface area (Å²) in [4.78, 5) is 11.3. The van der Waals surface area contributed by atoms with E-state index in [1.54, 1.807) is 0 Å². The Morgan fingerprint density at radius 3 is 3.05 bits per heavy atom. The maximum absolute atomic E-state index is 11.3. The lowest BCUT2D eigenvalue weighted by Crippen LogP contribution is -2.30. The average molecular weight is 276 g/mol. The Kier molecular flexibility index (Phi) is 3.63. The first-order chi connectivity index (χ1) is 9.63. The number of amides is 1. The third kappa shape index (κ3) is 2.94. The Labute approximate surface area is 118 Å². The highest BCUT2D eigenvalue weighted by molar-refractivity contribution is 5.95. The smallest absolute Gasteiger partial charge is 0.262 e. The number of carbonyl (C=O) groups excluding carboxylic acids is 1. The van der Waals surface area contributed by atoms with Crippen molar-refractivity contribution < 1.29 is 14.6 Å². The van der Waals surface area contributed by atoms with E-state index in [4.69, 9.17) is 4.74 Å². The van der Waals surface area contributed by atoms with Crippen LogP contribution >= 0.6 is 0 Å². The van der Waals surface area contributed by atoms with Crippen molar-refractivity contribution in [3.8, 4) is 5.75 Å². The zero-order valence-electron chi connectivity index (χ0n) is 11.6. The number of carbonyl (C=O) groups is 1. The molecule has 5 nitrogen and oxygen atoms in total. The first-order valence-corrected chi connectivity index (χ1v) is 7.11. The summed E-state index contributed by atoms with van der Waals surface area (Å²) in [7, 11) is 0. The highest BCUT2D eigenvalue weighted by atomic mass is 16.5. The first kappa shape index (κ1) is 13.4. The fourth-order valence-electron chi connectivity index (χ4n) is 2.43. The molecule has 20 heavy (non-hydrogen) atoms. The molecule has 1 aliphatic heterocycles.